The van der Waals surface area contributed by atoms with Gasteiger partial charge in [0.1, 0.15) is 0 Å². The summed E-state index contributed by atoms with van der Waals surface area (Å²) >= 11 is 0. The highest BCUT2D eigenvalue weighted by Gasteiger charge is 2.18. The normalized spacial score (nSPS) is 22.5. The van der Waals surface area contributed by atoms with E-state index >= 15 is 0 Å². The molecule has 2 nitrogen and oxygen atoms in total. The third kappa shape index (κ3) is 2.45. The molecule has 0 spiro atoms. The topological polar surface area (TPSA) is 20.3 Å². The smallest absolute Gasteiger partial charge is 0.152 e. The van der Waals surface area contributed by atoms with Crippen molar-refractivity contribution in [2.45, 2.75) is 33.2 Å². The number of hydrogen-bond acceptors (Lipinski definition) is 2. The molecule has 0 aromatic carbocycles. The molecule has 68 valence electrons. The quantitative estimate of drug-likeness (QED) is 0.582. The number of allylic oxidation sites excluding steroid dienone is 1. The van der Waals surface area contributed by atoms with Crippen LogP contribution < -0.4 is 0 Å². The van der Waals surface area contributed by atoms with Crippen molar-refractivity contribution >= 4 is 5.78 Å². The molecule has 0 bridgehead atoms. The fourth-order valence-corrected chi connectivity index (χ4v) is 1.55. The van der Waals surface area contributed by atoms with E-state index in [2.05, 4.69) is 18.7 Å². The van der Waals surface area contributed by atoms with Crippen LogP contribution in [-0.4, -0.2) is 29.8 Å². The Morgan fingerprint density at radius 2 is 2.25 bits per heavy atom. The van der Waals surface area contributed by atoms with Crippen molar-refractivity contribution in [3.63, 3.8) is 0 Å². The van der Waals surface area contributed by atoms with Crippen LogP contribution in [0.2, 0.25) is 0 Å². The Kier molecular flexibility index (Phi) is 3.04. The molecule has 0 saturated carbocycles. The Morgan fingerprint density at radius 1 is 1.58 bits per heavy atom. The molecular weight excluding hydrogens is 150 g/mol. The van der Waals surface area contributed by atoms with E-state index in [1.807, 2.05) is 0 Å². The van der Waals surface area contributed by atoms with E-state index in [-0.39, 0.29) is 5.78 Å². The van der Waals surface area contributed by atoms with Crippen LogP contribution in [0.3, 0.4) is 0 Å². The molecule has 0 unspecified atom stereocenters. The highest BCUT2D eigenvalue weighted by molar-refractivity contribution is 5.88. The second-order valence-electron chi connectivity index (χ2n) is 3.73. The molecule has 1 saturated heterocycles. The monoisotopic (exact) mass is 167 g/mol. The van der Waals surface area contributed by atoms with E-state index in [1.165, 1.54) is 5.57 Å². The van der Waals surface area contributed by atoms with Crippen LogP contribution in [0.15, 0.2) is 11.6 Å². The van der Waals surface area contributed by atoms with Crippen molar-refractivity contribution in [2.75, 3.05) is 13.1 Å². The van der Waals surface area contributed by atoms with E-state index in [0.29, 0.717) is 6.04 Å². The van der Waals surface area contributed by atoms with E-state index in [0.717, 1.165) is 19.5 Å². The summed E-state index contributed by atoms with van der Waals surface area (Å²) in [5.74, 6) is 0.176. The molecule has 0 radical (unpaired) electrons. The van der Waals surface area contributed by atoms with Gasteiger partial charge in [-0.25, -0.2) is 0 Å². The molecule has 1 rings (SSSR count). The molecule has 0 amide bonds. The zero-order valence-electron chi connectivity index (χ0n) is 8.13. The standard InChI is InChI=1S/C10H17NO/c1-8(2)11-5-4-10(7-11)6-9(3)12/h6,8H,4-5,7H2,1-3H3. The number of likely N-dealkylation sites (tertiary alicyclic amines) is 1. The average molecular weight is 167 g/mol. The van der Waals surface area contributed by atoms with Gasteiger partial charge in [-0.3, -0.25) is 9.69 Å². The number of ketones is 1. The Morgan fingerprint density at radius 3 is 2.67 bits per heavy atom. The summed E-state index contributed by atoms with van der Waals surface area (Å²) in [6.45, 7) is 8.09. The lowest BCUT2D eigenvalue weighted by molar-refractivity contribution is -0.112. The van der Waals surface area contributed by atoms with Crippen molar-refractivity contribution in [1.82, 2.24) is 4.90 Å². The minimum Gasteiger partial charge on any atom is -0.297 e. The van der Waals surface area contributed by atoms with Gasteiger partial charge in [-0.1, -0.05) is 5.57 Å². The lowest BCUT2D eigenvalue weighted by Gasteiger charge is -2.18. The van der Waals surface area contributed by atoms with Gasteiger partial charge in [0, 0.05) is 19.1 Å². The first-order valence-corrected chi connectivity index (χ1v) is 4.53. The van der Waals surface area contributed by atoms with Gasteiger partial charge in [-0.15, -0.1) is 0 Å². The van der Waals surface area contributed by atoms with E-state index in [4.69, 9.17) is 0 Å². The van der Waals surface area contributed by atoms with Crippen LogP contribution in [-0.2, 0) is 4.79 Å². The van der Waals surface area contributed by atoms with Gasteiger partial charge in [-0.05, 0) is 33.3 Å². The Balaban J connectivity index is 2.51. The molecular formula is C10H17NO. The first kappa shape index (κ1) is 9.46. The second-order valence-corrected chi connectivity index (χ2v) is 3.73. The third-order valence-corrected chi connectivity index (χ3v) is 2.26. The van der Waals surface area contributed by atoms with Gasteiger partial charge >= 0.3 is 0 Å². The fourth-order valence-electron chi connectivity index (χ4n) is 1.55. The van der Waals surface area contributed by atoms with Gasteiger partial charge in [0.2, 0.25) is 0 Å². The predicted molar refractivity (Wildman–Crippen MR) is 50.1 cm³/mol. The van der Waals surface area contributed by atoms with Gasteiger partial charge < -0.3 is 0 Å². The molecule has 1 heterocycles. The van der Waals surface area contributed by atoms with E-state index in [9.17, 15) is 4.79 Å². The van der Waals surface area contributed by atoms with Crippen molar-refractivity contribution < 1.29 is 4.79 Å². The summed E-state index contributed by atoms with van der Waals surface area (Å²) in [6, 6.07) is 0.600. The number of hydrogen-bond donors (Lipinski definition) is 0. The number of carbonyl (C=O) groups excluding carboxylic acids is 1. The van der Waals surface area contributed by atoms with Crippen molar-refractivity contribution in [1.29, 1.82) is 0 Å². The zero-order chi connectivity index (χ0) is 9.14. The van der Waals surface area contributed by atoms with Crippen LogP contribution in [0, 0.1) is 0 Å². The maximum absolute atomic E-state index is 10.8. The molecule has 0 aliphatic carbocycles. The summed E-state index contributed by atoms with van der Waals surface area (Å²) < 4.78 is 0. The molecule has 1 aliphatic rings. The summed E-state index contributed by atoms with van der Waals surface area (Å²) in [5, 5.41) is 0. The van der Waals surface area contributed by atoms with Crippen LogP contribution in [0.5, 0.6) is 0 Å². The lowest BCUT2D eigenvalue weighted by atomic mass is 10.2. The van der Waals surface area contributed by atoms with Crippen molar-refractivity contribution in [3.8, 4) is 0 Å². The Bertz CT molecular complexity index is 206. The lowest BCUT2D eigenvalue weighted by Crippen LogP contribution is -2.27. The molecule has 2 heteroatoms. The first-order chi connectivity index (χ1) is 5.59. The predicted octanol–water partition coefficient (Wildman–Crippen LogP) is 1.62. The van der Waals surface area contributed by atoms with Crippen LogP contribution in [0.25, 0.3) is 0 Å². The maximum atomic E-state index is 10.8. The van der Waals surface area contributed by atoms with Gasteiger partial charge in [0.15, 0.2) is 5.78 Å². The molecule has 0 N–H and O–H groups in total. The summed E-state index contributed by atoms with van der Waals surface area (Å²) in [5.41, 5.74) is 1.29. The molecule has 1 aliphatic heterocycles. The van der Waals surface area contributed by atoms with Crippen LogP contribution >= 0.6 is 0 Å². The molecule has 12 heavy (non-hydrogen) atoms. The minimum absolute atomic E-state index is 0.176. The molecule has 0 atom stereocenters. The first-order valence-electron chi connectivity index (χ1n) is 4.53. The highest BCUT2D eigenvalue weighted by atomic mass is 16.1. The second kappa shape index (κ2) is 3.85. The Labute approximate surface area is 74.2 Å². The van der Waals surface area contributed by atoms with Crippen molar-refractivity contribution in [3.05, 3.63) is 11.6 Å². The summed E-state index contributed by atoms with van der Waals surface area (Å²) in [6.07, 6.45) is 2.85. The largest absolute Gasteiger partial charge is 0.297 e. The van der Waals surface area contributed by atoms with E-state index < -0.39 is 0 Å². The van der Waals surface area contributed by atoms with Gasteiger partial charge in [-0.2, -0.15) is 0 Å². The summed E-state index contributed by atoms with van der Waals surface area (Å²) in [7, 11) is 0. The average Bonchev–Trinajstić information content (AvgIpc) is 2.34. The van der Waals surface area contributed by atoms with E-state index in [1.54, 1.807) is 13.0 Å². The maximum Gasteiger partial charge on any atom is 0.152 e. The Hall–Kier alpha value is -0.630. The highest BCUT2D eigenvalue weighted by Crippen LogP contribution is 2.17. The van der Waals surface area contributed by atoms with Gasteiger partial charge in [0.05, 0.1) is 0 Å². The summed E-state index contributed by atoms with van der Waals surface area (Å²) in [4.78, 5) is 13.2. The SMILES string of the molecule is CC(=O)C=C1CCN(C(C)C)C1. The third-order valence-electron chi connectivity index (χ3n) is 2.26. The van der Waals surface area contributed by atoms with Crippen LogP contribution in [0.4, 0.5) is 0 Å². The minimum atomic E-state index is 0.176. The van der Waals surface area contributed by atoms with Crippen molar-refractivity contribution in [2.24, 2.45) is 0 Å². The molecule has 0 aromatic heterocycles. The zero-order valence-corrected chi connectivity index (χ0v) is 8.13. The van der Waals surface area contributed by atoms with Gasteiger partial charge in [0.25, 0.3) is 0 Å². The fraction of sp³-hybridized carbons (Fsp3) is 0.700. The number of rotatable bonds is 2. The molecule has 0 aromatic rings. The molecule has 1 fully saturated rings. The number of nitrogens with zero attached hydrogens (tertiary/aromatic N) is 1. The van der Waals surface area contributed by atoms with Crippen LogP contribution in [0.1, 0.15) is 27.2 Å². The number of carbonyl (C=O) groups is 1.